The summed E-state index contributed by atoms with van der Waals surface area (Å²) in [4.78, 5) is 0. The van der Waals surface area contributed by atoms with Crippen molar-refractivity contribution in [2.45, 2.75) is 26.7 Å². The van der Waals surface area contributed by atoms with Gasteiger partial charge in [0.1, 0.15) is 0 Å². The Kier molecular flexibility index (Phi) is 21.2. The maximum atomic E-state index is 8.74. The van der Waals surface area contributed by atoms with Crippen LogP contribution in [0.2, 0.25) is 0 Å². The summed E-state index contributed by atoms with van der Waals surface area (Å²) in [5.41, 5.74) is 0. The molecule has 8 nitrogen and oxygen atoms in total. The summed E-state index contributed by atoms with van der Waals surface area (Å²) in [7, 11) is -9.33. The van der Waals surface area contributed by atoms with Crippen molar-refractivity contribution in [2.24, 2.45) is 0 Å². The minimum atomic E-state index is -4.67. The zero-order valence-electron chi connectivity index (χ0n) is 9.65. The molecule has 0 aromatic heterocycles. The van der Waals surface area contributed by atoms with Gasteiger partial charge in [0.15, 0.2) is 0 Å². The third-order valence-corrected chi connectivity index (χ3v) is 0.500. The molecule has 0 fully saturated rings. The molecule has 0 aliphatic carbocycles. The maximum Gasteiger partial charge on any atom is 1.00 e. The van der Waals surface area contributed by atoms with Crippen molar-refractivity contribution < 1.29 is 66.0 Å². The van der Waals surface area contributed by atoms with Crippen LogP contribution in [0.4, 0.5) is 0 Å². The molecule has 0 bridgehead atoms. The molecule has 0 saturated carbocycles. The number of rotatable bonds is 1. The molecule has 0 aliphatic rings. The first-order valence-corrected chi connectivity index (χ1v) is 6.11. The number of unbranched alkanes of at least 4 members (excludes halogenated alkanes) is 1. The van der Waals surface area contributed by atoms with E-state index in [1.807, 2.05) is 0 Å². The summed E-state index contributed by atoms with van der Waals surface area (Å²) in [6.07, 6.45) is 2.64. The van der Waals surface area contributed by atoms with Crippen LogP contribution in [0.5, 0.6) is 0 Å². The average Bonchev–Trinajstić information content (AvgIpc) is 1.79. The molecule has 0 amide bonds. The zero-order valence-corrected chi connectivity index (χ0v) is 12.3. The Hall–Kier alpha value is 0.740. The Balaban J connectivity index is -0.0000000358. The van der Waals surface area contributed by atoms with Crippen LogP contribution >= 0.6 is 0 Å². The summed E-state index contributed by atoms with van der Waals surface area (Å²) in [5.74, 6) is 0. The van der Waals surface area contributed by atoms with Gasteiger partial charge in [-0.2, -0.15) is 16.8 Å². The van der Waals surface area contributed by atoms with Gasteiger partial charge >= 0.3 is 50.4 Å². The fourth-order valence-corrected chi connectivity index (χ4v) is 0. The first kappa shape index (κ1) is 24.8. The second-order valence-electron chi connectivity index (χ2n) is 1.90. The molecule has 0 saturated heterocycles. The summed E-state index contributed by atoms with van der Waals surface area (Å²) < 4.78 is 63.2. The van der Waals surface area contributed by atoms with Gasteiger partial charge in [-0.25, -0.2) is 0 Å². The Morgan fingerprint density at radius 1 is 0.800 bits per heavy atom. The first-order valence-electron chi connectivity index (χ1n) is 3.31. The predicted octanol–water partition coefficient (Wildman–Crippen LogP) is -2.38. The summed E-state index contributed by atoms with van der Waals surface area (Å²) >= 11 is 0. The van der Waals surface area contributed by atoms with Crippen molar-refractivity contribution in [2.75, 3.05) is 0 Å². The molecule has 0 rings (SSSR count). The minimum absolute atomic E-state index is 0. The van der Waals surface area contributed by atoms with E-state index >= 15 is 0 Å². The molecular formula is C4H15NaO8S2. The van der Waals surface area contributed by atoms with Gasteiger partial charge in [0.2, 0.25) is 0 Å². The Morgan fingerprint density at radius 2 is 0.867 bits per heavy atom. The van der Waals surface area contributed by atoms with Crippen LogP contribution in [0.1, 0.15) is 28.1 Å². The van der Waals surface area contributed by atoms with E-state index in [0.29, 0.717) is 0 Å². The molecule has 4 N–H and O–H groups in total. The van der Waals surface area contributed by atoms with Crippen molar-refractivity contribution in [3.63, 3.8) is 0 Å². The van der Waals surface area contributed by atoms with Crippen LogP contribution in [0.15, 0.2) is 0 Å². The van der Waals surface area contributed by atoms with Gasteiger partial charge in [-0.15, -0.1) is 0 Å². The van der Waals surface area contributed by atoms with E-state index in [2.05, 4.69) is 13.8 Å². The molecule has 0 radical (unpaired) electrons. The van der Waals surface area contributed by atoms with Gasteiger partial charge in [-0.3, -0.25) is 18.2 Å². The quantitative estimate of drug-likeness (QED) is 0.307. The average molecular weight is 278 g/mol. The summed E-state index contributed by atoms with van der Waals surface area (Å²) in [6, 6.07) is 0. The molecular weight excluding hydrogens is 263 g/mol. The zero-order chi connectivity index (χ0) is 12.4. The van der Waals surface area contributed by atoms with E-state index in [1.54, 1.807) is 0 Å². The van der Waals surface area contributed by atoms with Crippen molar-refractivity contribution in [1.29, 1.82) is 0 Å². The normalized spacial score (nSPS) is 9.73. The van der Waals surface area contributed by atoms with Crippen molar-refractivity contribution in [3.8, 4) is 0 Å². The van der Waals surface area contributed by atoms with Crippen molar-refractivity contribution >= 4 is 20.8 Å². The standard InChI is InChI=1S/C4H10.Na.2H2O4S.H/c1-3-4-2;;2*1-5(2,3)4;/h3-4H2,1-2H3;;2*(H2,1,2,3,4);/q;+1;;;-1. The molecule has 15 heavy (non-hydrogen) atoms. The second kappa shape index (κ2) is 12.8. The number of hydrogen-bond donors (Lipinski definition) is 4. The van der Waals surface area contributed by atoms with Gasteiger partial charge in [0.25, 0.3) is 0 Å². The van der Waals surface area contributed by atoms with Crippen molar-refractivity contribution in [3.05, 3.63) is 0 Å². The van der Waals surface area contributed by atoms with Gasteiger partial charge in [-0.1, -0.05) is 26.7 Å². The van der Waals surface area contributed by atoms with Gasteiger partial charge in [-0.05, 0) is 0 Å². The molecule has 11 heteroatoms. The van der Waals surface area contributed by atoms with E-state index in [0.717, 1.165) is 0 Å². The van der Waals surface area contributed by atoms with Crippen LogP contribution in [0.25, 0.3) is 0 Å². The third kappa shape index (κ3) is 790. The Morgan fingerprint density at radius 3 is 0.867 bits per heavy atom. The monoisotopic (exact) mass is 278 g/mol. The Labute approximate surface area is 113 Å². The second-order valence-corrected chi connectivity index (χ2v) is 3.69. The fraction of sp³-hybridized carbons (Fsp3) is 1.00. The van der Waals surface area contributed by atoms with Crippen LogP contribution < -0.4 is 29.6 Å². The van der Waals surface area contributed by atoms with E-state index < -0.39 is 20.8 Å². The van der Waals surface area contributed by atoms with Crippen LogP contribution in [-0.2, 0) is 20.8 Å². The molecule has 0 spiro atoms. The van der Waals surface area contributed by atoms with E-state index in [4.69, 9.17) is 35.0 Å². The van der Waals surface area contributed by atoms with Crippen LogP contribution in [0.3, 0.4) is 0 Å². The molecule has 0 atom stereocenters. The van der Waals surface area contributed by atoms with E-state index in [1.165, 1.54) is 12.8 Å². The number of hydrogen-bond acceptors (Lipinski definition) is 4. The van der Waals surface area contributed by atoms with Crippen LogP contribution in [-0.4, -0.2) is 35.0 Å². The summed E-state index contributed by atoms with van der Waals surface area (Å²) in [6.45, 7) is 4.36. The minimum Gasteiger partial charge on any atom is -1.00 e. The van der Waals surface area contributed by atoms with Gasteiger partial charge < -0.3 is 1.43 Å². The predicted molar refractivity (Wildman–Crippen MR) is 50.0 cm³/mol. The maximum absolute atomic E-state index is 8.74. The molecule has 0 aromatic carbocycles. The Bertz CT molecular complexity index is 250. The largest absolute Gasteiger partial charge is 1.00 e. The summed E-state index contributed by atoms with van der Waals surface area (Å²) in [5, 5.41) is 0. The molecule has 0 aliphatic heterocycles. The van der Waals surface area contributed by atoms with Gasteiger partial charge in [0, 0.05) is 0 Å². The van der Waals surface area contributed by atoms with E-state index in [9.17, 15) is 0 Å². The molecule has 0 unspecified atom stereocenters. The third-order valence-electron chi connectivity index (χ3n) is 0.500. The van der Waals surface area contributed by atoms with Crippen LogP contribution in [0, 0.1) is 0 Å². The van der Waals surface area contributed by atoms with E-state index in [-0.39, 0.29) is 31.0 Å². The van der Waals surface area contributed by atoms with Crippen molar-refractivity contribution in [1.82, 2.24) is 0 Å². The SMILES string of the molecule is CCCC.O=S(=O)(O)O.O=S(=O)(O)O.[H-].[Na+]. The fourth-order valence-electron chi connectivity index (χ4n) is 0. The molecule has 92 valence electrons. The smallest absolute Gasteiger partial charge is 1.00 e. The topological polar surface area (TPSA) is 149 Å². The molecule has 0 heterocycles. The molecule has 0 aromatic rings. The van der Waals surface area contributed by atoms with Gasteiger partial charge in [0.05, 0.1) is 0 Å². The first-order chi connectivity index (χ1) is 5.91.